The number of aliphatic carboxylic acids is 1. The first-order valence-corrected chi connectivity index (χ1v) is 8.02. The minimum Gasteiger partial charge on any atom is -0.480 e. The highest BCUT2D eigenvalue weighted by Gasteiger charge is 2.37. The maximum absolute atomic E-state index is 12.1. The van der Waals surface area contributed by atoms with Crippen molar-refractivity contribution < 1.29 is 18.3 Å². The maximum atomic E-state index is 12.1. The summed E-state index contributed by atoms with van der Waals surface area (Å²) >= 11 is 0. The monoisotopic (exact) mass is 298 g/mol. The molecule has 0 bridgehead atoms. The molecular weight excluding hydrogens is 280 g/mol. The number of carboxylic acids is 1. The molecule has 6 nitrogen and oxygen atoms in total. The summed E-state index contributed by atoms with van der Waals surface area (Å²) < 4.78 is 26.6. The molecule has 2 rings (SSSR count). The molecule has 1 fully saturated rings. The average molecular weight is 298 g/mol. The highest BCUT2D eigenvalue weighted by molar-refractivity contribution is 7.89. The van der Waals surface area contributed by atoms with Gasteiger partial charge in [0.15, 0.2) is 0 Å². The Balaban J connectivity index is 2.30. The Hall–Kier alpha value is -1.60. The molecule has 0 aromatic heterocycles. The van der Waals surface area contributed by atoms with E-state index in [4.69, 9.17) is 0 Å². The first kappa shape index (κ1) is 14.8. The van der Waals surface area contributed by atoms with E-state index in [2.05, 4.69) is 10.0 Å². The molecular formula is C13H18N2O4S. The molecule has 1 atom stereocenters. The zero-order chi connectivity index (χ0) is 14.8. The van der Waals surface area contributed by atoms with Gasteiger partial charge in [-0.15, -0.1) is 0 Å². The molecule has 3 N–H and O–H groups in total. The van der Waals surface area contributed by atoms with Crippen LogP contribution in [0.2, 0.25) is 0 Å². The number of nitrogens with one attached hydrogen (secondary N) is 2. The average Bonchev–Trinajstić information content (AvgIpc) is 3.20. The number of carboxylic acid groups (broad SMARTS) is 1. The lowest BCUT2D eigenvalue weighted by Crippen LogP contribution is -2.32. The SMILES string of the molecule is CCNS(=O)(=O)c1ccccc1NC(C(=O)O)C1CC1. The third-order valence-corrected chi connectivity index (χ3v) is 4.79. The molecule has 0 spiro atoms. The predicted octanol–water partition coefficient (Wildman–Crippen LogP) is 1.26. The van der Waals surface area contributed by atoms with Crippen molar-refractivity contribution in [3.8, 4) is 0 Å². The van der Waals surface area contributed by atoms with Gasteiger partial charge in [-0.25, -0.2) is 17.9 Å². The van der Waals surface area contributed by atoms with Crippen LogP contribution in [-0.2, 0) is 14.8 Å². The molecule has 7 heteroatoms. The lowest BCUT2D eigenvalue weighted by Gasteiger charge is -2.18. The Bertz CT molecular complexity index is 596. The lowest BCUT2D eigenvalue weighted by molar-refractivity contribution is -0.138. The summed E-state index contributed by atoms with van der Waals surface area (Å²) in [6.45, 7) is 1.97. The molecule has 0 heterocycles. The van der Waals surface area contributed by atoms with Crippen LogP contribution in [0.3, 0.4) is 0 Å². The number of para-hydroxylation sites is 1. The Morgan fingerprint density at radius 3 is 2.60 bits per heavy atom. The van der Waals surface area contributed by atoms with Crippen molar-refractivity contribution in [2.45, 2.75) is 30.7 Å². The van der Waals surface area contributed by atoms with E-state index in [9.17, 15) is 18.3 Å². The van der Waals surface area contributed by atoms with Gasteiger partial charge in [0, 0.05) is 6.54 Å². The Morgan fingerprint density at radius 1 is 1.40 bits per heavy atom. The number of rotatable bonds is 7. The molecule has 0 radical (unpaired) electrons. The van der Waals surface area contributed by atoms with E-state index in [0.717, 1.165) is 12.8 Å². The molecule has 1 saturated carbocycles. The van der Waals surface area contributed by atoms with Crippen LogP contribution < -0.4 is 10.0 Å². The van der Waals surface area contributed by atoms with Crippen LogP contribution in [0.1, 0.15) is 19.8 Å². The summed E-state index contributed by atoms with van der Waals surface area (Å²) in [6.07, 6.45) is 1.71. The number of anilines is 1. The van der Waals surface area contributed by atoms with Gasteiger partial charge in [0.05, 0.1) is 5.69 Å². The highest BCUT2D eigenvalue weighted by atomic mass is 32.2. The standard InChI is InChI=1S/C13H18N2O4S/c1-2-14-20(18,19)11-6-4-3-5-10(11)15-12(13(16)17)9-7-8-9/h3-6,9,12,14-15H,2,7-8H2,1H3,(H,16,17). The smallest absolute Gasteiger partial charge is 0.326 e. The number of sulfonamides is 1. The fourth-order valence-electron chi connectivity index (χ4n) is 2.07. The van der Waals surface area contributed by atoms with E-state index in [1.54, 1.807) is 25.1 Å². The van der Waals surface area contributed by atoms with E-state index < -0.39 is 22.0 Å². The largest absolute Gasteiger partial charge is 0.480 e. The summed E-state index contributed by atoms with van der Waals surface area (Å²) in [5, 5.41) is 12.1. The van der Waals surface area contributed by atoms with E-state index in [0.29, 0.717) is 5.69 Å². The molecule has 1 unspecified atom stereocenters. The number of carbonyl (C=O) groups is 1. The van der Waals surface area contributed by atoms with Gasteiger partial charge in [-0.1, -0.05) is 19.1 Å². The van der Waals surface area contributed by atoms with Gasteiger partial charge >= 0.3 is 5.97 Å². The number of hydrogen-bond donors (Lipinski definition) is 3. The van der Waals surface area contributed by atoms with Gasteiger partial charge in [0.2, 0.25) is 10.0 Å². The molecule has 0 amide bonds. The van der Waals surface area contributed by atoms with E-state index in [1.807, 2.05) is 0 Å². The molecule has 1 aliphatic carbocycles. The van der Waals surface area contributed by atoms with Gasteiger partial charge in [0.1, 0.15) is 10.9 Å². The predicted molar refractivity (Wildman–Crippen MR) is 75.1 cm³/mol. The van der Waals surface area contributed by atoms with Crippen molar-refractivity contribution in [2.24, 2.45) is 5.92 Å². The summed E-state index contributed by atoms with van der Waals surface area (Å²) in [4.78, 5) is 11.3. The topological polar surface area (TPSA) is 95.5 Å². The fourth-order valence-corrected chi connectivity index (χ4v) is 3.28. The fraction of sp³-hybridized carbons (Fsp3) is 0.462. The van der Waals surface area contributed by atoms with Crippen molar-refractivity contribution in [1.82, 2.24) is 4.72 Å². The van der Waals surface area contributed by atoms with Crippen LogP contribution in [0.4, 0.5) is 5.69 Å². The molecule has 1 aromatic carbocycles. The first-order valence-electron chi connectivity index (χ1n) is 6.53. The van der Waals surface area contributed by atoms with E-state index in [-0.39, 0.29) is 17.4 Å². The third kappa shape index (κ3) is 3.29. The van der Waals surface area contributed by atoms with Gasteiger partial charge in [-0.05, 0) is 30.9 Å². The van der Waals surface area contributed by atoms with Crippen LogP contribution in [0.25, 0.3) is 0 Å². The first-order chi connectivity index (χ1) is 9.45. The molecule has 20 heavy (non-hydrogen) atoms. The van der Waals surface area contributed by atoms with Gasteiger partial charge < -0.3 is 10.4 Å². The van der Waals surface area contributed by atoms with Crippen molar-refractivity contribution in [3.63, 3.8) is 0 Å². The van der Waals surface area contributed by atoms with Crippen LogP contribution in [0.15, 0.2) is 29.2 Å². The Kier molecular flexibility index (Phi) is 4.29. The lowest BCUT2D eigenvalue weighted by atomic mass is 10.1. The summed E-state index contributed by atoms with van der Waals surface area (Å²) in [5.41, 5.74) is 0.327. The van der Waals surface area contributed by atoms with Crippen molar-refractivity contribution in [2.75, 3.05) is 11.9 Å². The quantitative estimate of drug-likeness (QED) is 0.704. The van der Waals surface area contributed by atoms with E-state index >= 15 is 0 Å². The van der Waals surface area contributed by atoms with E-state index in [1.165, 1.54) is 6.07 Å². The molecule has 0 saturated heterocycles. The van der Waals surface area contributed by atoms with Crippen molar-refractivity contribution in [1.29, 1.82) is 0 Å². The zero-order valence-corrected chi connectivity index (χ0v) is 12.0. The second-order valence-corrected chi connectivity index (χ2v) is 6.53. The van der Waals surface area contributed by atoms with Crippen molar-refractivity contribution >= 4 is 21.7 Å². The third-order valence-electron chi connectivity index (χ3n) is 3.18. The second kappa shape index (κ2) is 5.80. The van der Waals surface area contributed by atoms with Crippen LogP contribution in [0.5, 0.6) is 0 Å². The molecule has 110 valence electrons. The van der Waals surface area contributed by atoms with Gasteiger partial charge in [-0.2, -0.15) is 0 Å². The van der Waals surface area contributed by atoms with Crippen LogP contribution >= 0.6 is 0 Å². The molecule has 1 aliphatic rings. The van der Waals surface area contributed by atoms with Gasteiger partial charge in [-0.3, -0.25) is 0 Å². The second-order valence-electron chi connectivity index (χ2n) is 4.80. The number of hydrogen-bond acceptors (Lipinski definition) is 4. The van der Waals surface area contributed by atoms with Crippen molar-refractivity contribution in [3.05, 3.63) is 24.3 Å². The minimum absolute atomic E-state index is 0.0717. The Morgan fingerprint density at radius 2 is 2.05 bits per heavy atom. The Labute approximate surface area is 118 Å². The maximum Gasteiger partial charge on any atom is 0.326 e. The minimum atomic E-state index is -3.62. The summed E-state index contributed by atoms with van der Waals surface area (Å²) in [7, 11) is -3.62. The zero-order valence-electron chi connectivity index (χ0n) is 11.2. The van der Waals surface area contributed by atoms with Gasteiger partial charge in [0.25, 0.3) is 0 Å². The number of benzene rings is 1. The summed E-state index contributed by atoms with van der Waals surface area (Å²) in [6, 6.07) is 5.60. The molecule has 0 aliphatic heterocycles. The van der Waals surface area contributed by atoms with Crippen LogP contribution in [0, 0.1) is 5.92 Å². The summed E-state index contributed by atoms with van der Waals surface area (Å²) in [5.74, 6) is -0.884. The molecule has 1 aromatic rings. The van der Waals surface area contributed by atoms with Crippen LogP contribution in [-0.4, -0.2) is 32.1 Å². The highest BCUT2D eigenvalue weighted by Crippen LogP contribution is 2.35. The normalized spacial score (nSPS) is 16.6.